The Balaban J connectivity index is 1.42. The van der Waals surface area contributed by atoms with Gasteiger partial charge in [-0.05, 0) is 65.9 Å². The lowest BCUT2D eigenvalue weighted by atomic mass is 9.83. The summed E-state index contributed by atoms with van der Waals surface area (Å²) in [6, 6.07) is 24.6. The first-order chi connectivity index (χ1) is 19.0. The summed E-state index contributed by atoms with van der Waals surface area (Å²) in [6.45, 7) is 0. The molecule has 8 heteroatoms. The number of aryl methyl sites for hydroxylation is 1. The third kappa shape index (κ3) is 4.30. The predicted octanol–water partition coefficient (Wildman–Crippen LogP) is 7.54. The van der Waals surface area contributed by atoms with Gasteiger partial charge in [-0.15, -0.1) is 0 Å². The molecule has 192 valence electrons. The van der Waals surface area contributed by atoms with Gasteiger partial charge in [0.25, 0.3) is 5.56 Å². The van der Waals surface area contributed by atoms with Crippen molar-refractivity contribution in [3.63, 3.8) is 0 Å². The molecule has 7 rings (SSSR count). The standard InChI is InChI=1S/C31H19Cl3N2O2S/c32-19-6-3-5-18(14-19)26-13-10-21(38-26)16-27-30(37)36-29(23-12-9-20(33)15-25(23)34)24-11-8-17-4-1-2-7-22(17)28(24)35-31(36)39-27/h1-7,9-10,12-16,29H,8,11H2. The fraction of sp³-hybridized carbons (Fsp3) is 0.0968. The van der Waals surface area contributed by atoms with Gasteiger partial charge in [0.1, 0.15) is 11.5 Å². The second-order valence-electron chi connectivity index (χ2n) is 9.49. The molecule has 5 aromatic rings. The summed E-state index contributed by atoms with van der Waals surface area (Å²) < 4.78 is 8.36. The van der Waals surface area contributed by atoms with Crippen LogP contribution in [0.15, 0.2) is 98.6 Å². The highest BCUT2D eigenvalue weighted by Crippen LogP contribution is 2.43. The lowest BCUT2D eigenvalue weighted by molar-refractivity contribution is 0.570. The van der Waals surface area contributed by atoms with Gasteiger partial charge in [0, 0.05) is 32.3 Å². The van der Waals surface area contributed by atoms with Crippen molar-refractivity contribution in [2.24, 2.45) is 4.99 Å². The van der Waals surface area contributed by atoms with Gasteiger partial charge in [-0.2, -0.15) is 0 Å². The highest BCUT2D eigenvalue weighted by molar-refractivity contribution is 7.07. The molecule has 1 atom stereocenters. The highest BCUT2D eigenvalue weighted by Gasteiger charge is 2.33. The molecule has 0 N–H and O–H groups in total. The molecule has 1 unspecified atom stereocenters. The van der Waals surface area contributed by atoms with E-state index in [1.807, 2.05) is 54.6 Å². The molecule has 39 heavy (non-hydrogen) atoms. The van der Waals surface area contributed by atoms with Crippen LogP contribution in [-0.4, -0.2) is 4.57 Å². The highest BCUT2D eigenvalue weighted by atomic mass is 35.5. The number of benzene rings is 3. The third-order valence-electron chi connectivity index (χ3n) is 7.14. The van der Waals surface area contributed by atoms with E-state index >= 15 is 0 Å². The number of hydrogen-bond acceptors (Lipinski definition) is 4. The van der Waals surface area contributed by atoms with E-state index in [1.54, 1.807) is 16.7 Å². The van der Waals surface area contributed by atoms with E-state index in [2.05, 4.69) is 18.2 Å². The summed E-state index contributed by atoms with van der Waals surface area (Å²) in [6.07, 6.45) is 3.43. The molecule has 2 aliphatic rings. The molecule has 1 aliphatic carbocycles. The number of furan rings is 1. The summed E-state index contributed by atoms with van der Waals surface area (Å²) in [5.41, 5.74) is 5.91. The Hall–Kier alpha value is -3.35. The lowest BCUT2D eigenvalue weighted by Gasteiger charge is -2.31. The largest absolute Gasteiger partial charge is 0.457 e. The number of halogens is 3. The minimum Gasteiger partial charge on any atom is -0.457 e. The number of aromatic nitrogens is 1. The zero-order valence-electron chi connectivity index (χ0n) is 20.3. The van der Waals surface area contributed by atoms with E-state index in [-0.39, 0.29) is 11.6 Å². The SMILES string of the molecule is O=c1c(=Cc2ccc(-c3cccc(Cl)c3)o2)sc2n1C(c1ccc(Cl)cc1Cl)C1=C(N=2)c2ccccc2CC1. The molecule has 4 nitrogen and oxygen atoms in total. The van der Waals surface area contributed by atoms with Crippen molar-refractivity contribution < 1.29 is 4.42 Å². The molecule has 0 fully saturated rings. The van der Waals surface area contributed by atoms with Crippen molar-refractivity contribution in [1.29, 1.82) is 0 Å². The second kappa shape index (κ2) is 9.68. The maximum atomic E-state index is 14.0. The Morgan fingerprint density at radius 1 is 0.923 bits per heavy atom. The molecule has 0 spiro atoms. The second-order valence-corrected chi connectivity index (χ2v) is 11.8. The number of hydrogen-bond donors (Lipinski definition) is 0. The molecule has 0 saturated heterocycles. The van der Waals surface area contributed by atoms with Crippen LogP contribution in [0.5, 0.6) is 0 Å². The van der Waals surface area contributed by atoms with Crippen molar-refractivity contribution in [3.05, 3.63) is 142 Å². The van der Waals surface area contributed by atoms with Crippen molar-refractivity contribution in [2.75, 3.05) is 0 Å². The van der Waals surface area contributed by atoms with E-state index in [1.165, 1.54) is 16.9 Å². The van der Waals surface area contributed by atoms with Crippen molar-refractivity contribution in [1.82, 2.24) is 4.57 Å². The topological polar surface area (TPSA) is 47.5 Å². The summed E-state index contributed by atoms with van der Waals surface area (Å²) in [5, 5.41) is 1.70. The van der Waals surface area contributed by atoms with Crippen LogP contribution in [0.3, 0.4) is 0 Å². The molecule has 2 aromatic heterocycles. The predicted molar refractivity (Wildman–Crippen MR) is 158 cm³/mol. The van der Waals surface area contributed by atoms with Gasteiger partial charge < -0.3 is 4.42 Å². The number of nitrogens with zero attached hydrogens (tertiary/aromatic N) is 2. The summed E-state index contributed by atoms with van der Waals surface area (Å²) >= 11 is 20.5. The number of allylic oxidation sites excluding steroid dienone is 1. The Morgan fingerprint density at radius 2 is 1.77 bits per heavy atom. The third-order valence-corrected chi connectivity index (χ3v) is 8.92. The molecule has 3 heterocycles. The van der Waals surface area contributed by atoms with Gasteiger partial charge in [-0.1, -0.05) is 88.6 Å². The van der Waals surface area contributed by atoms with Gasteiger partial charge in [0.05, 0.1) is 16.3 Å². The van der Waals surface area contributed by atoms with Crippen molar-refractivity contribution >= 4 is 57.9 Å². The number of rotatable bonds is 3. The Kier molecular flexibility index (Phi) is 6.13. The van der Waals surface area contributed by atoms with Gasteiger partial charge >= 0.3 is 0 Å². The maximum absolute atomic E-state index is 14.0. The van der Waals surface area contributed by atoms with Crippen LogP contribution >= 0.6 is 46.1 Å². The summed E-state index contributed by atoms with van der Waals surface area (Å²) in [5.74, 6) is 1.25. The van der Waals surface area contributed by atoms with Crippen molar-refractivity contribution in [3.8, 4) is 11.3 Å². The van der Waals surface area contributed by atoms with Crippen LogP contribution in [0, 0.1) is 0 Å². The molecular weight excluding hydrogens is 571 g/mol. The van der Waals surface area contributed by atoms with Gasteiger partial charge in [0.2, 0.25) is 0 Å². The summed E-state index contributed by atoms with van der Waals surface area (Å²) in [4.78, 5) is 19.6. The molecule has 0 saturated carbocycles. The molecule has 1 aliphatic heterocycles. The van der Waals surface area contributed by atoms with E-state index in [0.29, 0.717) is 35.9 Å². The minimum atomic E-state index is -0.379. The van der Waals surface area contributed by atoms with E-state index in [4.69, 9.17) is 44.2 Å². The first kappa shape index (κ1) is 24.7. The lowest BCUT2D eigenvalue weighted by Crippen LogP contribution is -2.38. The van der Waals surface area contributed by atoms with Crippen LogP contribution in [0.25, 0.3) is 23.1 Å². The van der Waals surface area contributed by atoms with Gasteiger partial charge in [0.15, 0.2) is 4.80 Å². The zero-order chi connectivity index (χ0) is 26.7. The van der Waals surface area contributed by atoms with Gasteiger partial charge in [-0.25, -0.2) is 4.99 Å². The molecule has 0 bridgehead atoms. The van der Waals surface area contributed by atoms with E-state index < -0.39 is 0 Å². The van der Waals surface area contributed by atoms with Crippen LogP contribution < -0.4 is 14.9 Å². The Bertz CT molecular complexity index is 2000. The average molecular weight is 590 g/mol. The van der Waals surface area contributed by atoms with E-state index in [9.17, 15) is 4.79 Å². The Morgan fingerprint density at radius 3 is 2.62 bits per heavy atom. The first-order valence-electron chi connectivity index (χ1n) is 12.4. The molecule has 3 aromatic carbocycles. The van der Waals surface area contributed by atoms with Gasteiger partial charge in [-0.3, -0.25) is 9.36 Å². The van der Waals surface area contributed by atoms with Crippen LogP contribution in [0.4, 0.5) is 0 Å². The molecular formula is C31H19Cl3N2O2S. The van der Waals surface area contributed by atoms with Crippen molar-refractivity contribution in [2.45, 2.75) is 18.9 Å². The summed E-state index contributed by atoms with van der Waals surface area (Å²) in [7, 11) is 0. The fourth-order valence-electron chi connectivity index (χ4n) is 5.38. The normalized spacial score (nSPS) is 16.5. The number of fused-ring (bicyclic) bond motifs is 3. The molecule has 0 radical (unpaired) electrons. The average Bonchev–Trinajstić information content (AvgIpc) is 3.52. The maximum Gasteiger partial charge on any atom is 0.271 e. The number of thiazole rings is 1. The fourth-order valence-corrected chi connectivity index (χ4v) is 7.06. The smallest absolute Gasteiger partial charge is 0.271 e. The minimum absolute atomic E-state index is 0.138. The first-order valence-corrected chi connectivity index (χ1v) is 14.3. The monoisotopic (exact) mass is 588 g/mol. The van der Waals surface area contributed by atoms with E-state index in [0.717, 1.165) is 40.8 Å². The Labute approximate surface area is 242 Å². The van der Waals surface area contributed by atoms with Crippen LogP contribution in [-0.2, 0) is 6.42 Å². The van der Waals surface area contributed by atoms with Crippen LogP contribution in [0.2, 0.25) is 15.1 Å². The molecule has 0 amide bonds. The quantitative estimate of drug-likeness (QED) is 0.218. The zero-order valence-corrected chi connectivity index (χ0v) is 23.4. The van der Waals surface area contributed by atoms with Crippen LogP contribution in [0.1, 0.15) is 34.9 Å².